The van der Waals surface area contributed by atoms with Crippen molar-refractivity contribution < 1.29 is 4.84 Å². The molecular weight excluding hydrogens is 110 g/mol. The van der Waals surface area contributed by atoms with Gasteiger partial charge in [-0.2, -0.15) is 5.90 Å². The van der Waals surface area contributed by atoms with E-state index in [9.17, 15) is 0 Å². The number of hydrogen-bond donors (Lipinski definition) is 1. The maximum absolute atomic E-state index is 4.68. The Morgan fingerprint density at radius 1 is 1.50 bits per heavy atom. The molecule has 6 nitrogen and oxygen atoms in total. The monoisotopic (exact) mass is 113 g/mol. The summed E-state index contributed by atoms with van der Waals surface area (Å²) in [5, 5.41) is 12.9. The summed E-state index contributed by atoms with van der Waals surface area (Å²) in [6.07, 6.45) is 1.26. The van der Waals surface area contributed by atoms with Gasteiger partial charge in [0.15, 0.2) is 0 Å². The highest BCUT2D eigenvalue weighted by atomic mass is 16.6. The Balaban J connectivity index is 2.83. The first-order valence-electron chi connectivity index (χ1n) is 1.81. The third kappa shape index (κ3) is 0.850. The molecular formula is C2H3N5O. The van der Waals surface area contributed by atoms with Gasteiger partial charge in [0.05, 0.1) is 0 Å². The molecule has 1 heterocycles. The average Bonchev–Trinajstić information content (AvgIpc) is 1.90. The summed E-state index contributed by atoms with van der Waals surface area (Å²) in [5.41, 5.74) is 0. The van der Waals surface area contributed by atoms with Crippen molar-refractivity contribution in [3.63, 3.8) is 0 Å². The van der Waals surface area contributed by atoms with Crippen LogP contribution in [0.2, 0.25) is 0 Å². The third-order valence-corrected chi connectivity index (χ3v) is 0.524. The molecule has 0 saturated carbocycles. The van der Waals surface area contributed by atoms with Crippen LogP contribution in [0.3, 0.4) is 0 Å². The van der Waals surface area contributed by atoms with Gasteiger partial charge in [-0.1, -0.05) is 5.10 Å². The van der Waals surface area contributed by atoms with Gasteiger partial charge in [0.1, 0.15) is 6.20 Å². The smallest absolute Gasteiger partial charge is 0.278 e. The van der Waals surface area contributed by atoms with Gasteiger partial charge < -0.3 is 4.84 Å². The van der Waals surface area contributed by atoms with Crippen LogP contribution >= 0.6 is 0 Å². The predicted octanol–water partition coefficient (Wildman–Crippen LogP) is -1.48. The molecule has 1 aromatic heterocycles. The fourth-order valence-corrected chi connectivity index (χ4v) is 0.242. The van der Waals surface area contributed by atoms with Crippen molar-refractivity contribution in [3.8, 4) is 5.88 Å². The van der Waals surface area contributed by atoms with Crippen molar-refractivity contribution in [1.82, 2.24) is 20.6 Å². The predicted molar refractivity (Wildman–Crippen MR) is 22.4 cm³/mol. The van der Waals surface area contributed by atoms with Crippen LogP contribution in [0.4, 0.5) is 0 Å². The molecule has 0 aliphatic rings. The van der Waals surface area contributed by atoms with Crippen molar-refractivity contribution in [3.05, 3.63) is 6.20 Å². The van der Waals surface area contributed by atoms with Gasteiger partial charge in [-0.25, -0.2) is 0 Å². The summed E-state index contributed by atoms with van der Waals surface area (Å²) in [5.74, 6) is 4.83. The van der Waals surface area contributed by atoms with Gasteiger partial charge in [0.2, 0.25) is 0 Å². The lowest BCUT2D eigenvalue weighted by Gasteiger charge is -1.88. The van der Waals surface area contributed by atoms with Crippen LogP contribution < -0.4 is 10.7 Å². The molecule has 8 heavy (non-hydrogen) atoms. The second kappa shape index (κ2) is 2.12. The van der Waals surface area contributed by atoms with Gasteiger partial charge in [0.25, 0.3) is 5.88 Å². The van der Waals surface area contributed by atoms with Crippen molar-refractivity contribution in [2.24, 2.45) is 5.90 Å². The number of rotatable bonds is 1. The zero-order valence-corrected chi connectivity index (χ0v) is 3.85. The van der Waals surface area contributed by atoms with Crippen molar-refractivity contribution >= 4 is 0 Å². The molecule has 1 rings (SSSR count). The Labute approximate surface area is 44.6 Å². The van der Waals surface area contributed by atoms with E-state index in [-0.39, 0.29) is 5.88 Å². The second-order valence-corrected chi connectivity index (χ2v) is 0.980. The van der Waals surface area contributed by atoms with Crippen molar-refractivity contribution in [2.75, 3.05) is 0 Å². The Morgan fingerprint density at radius 3 is 2.75 bits per heavy atom. The van der Waals surface area contributed by atoms with E-state index in [0.717, 1.165) is 0 Å². The maximum Gasteiger partial charge on any atom is 0.278 e. The molecule has 0 bridgehead atoms. The van der Waals surface area contributed by atoms with Gasteiger partial charge >= 0.3 is 0 Å². The summed E-state index contributed by atoms with van der Waals surface area (Å²) in [4.78, 5) is 4.14. The van der Waals surface area contributed by atoms with Crippen molar-refractivity contribution in [1.29, 1.82) is 0 Å². The first kappa shape index (κ1) is 4.85. The highest BCUT2D eigenvalue weighted by Gasteiger charge is 1.87. The molecule has 42 valence electrons. The SMILES string of the molecule is NOc1cnnnn1. The summed E-state index contributed by atoms with van der Waals surface area (Å²) in [6, 6.07) is 0. The lowest BCUT2D eigenvalue weighted by molar-refractivity contribution is 0.311. The summed E-state index contributed by atoms with van der Waals surface area (Å²) >= 11 is 0. The van der Waals surface area contributed by atoms with Crippen LogP contribution in [-0.4, -0.2) is 20.6 Å². The topological polar surface area (TPSA) is 86.8 Å². The normalized spacial score (nSPS) is 8.62. The van der Waals surface area contributed by atoms with Crippen LogP contribution in [0.15, 0.2) is 6.20 Å². The molecule has 0 aromatic carbocycles. The number of aromatic nitrogens is 4. The van der Waals surface area contributed by atoms with E-state index >= 15 is 0 Å². The van der Waals surface area contributed by atoms with Crippen LogP contribution in [0.1, 0.15) is 0 Å². The minimum atomic E-state index is 0.153. The molecule has 0 unspecified atom stereocenters. The molecule has 6 heteroatoms. The van der Waals surface area contributed by atoms with Crippen LogP contribution in [0.5, 0.6) is 5.88 Å². The van der Waals surface area contributed by atoms with Gasteiger partial charge in [0, 0.05) is 0 Å². The molecule has 0 spiro atoms. The maximum atomic E-state index is 4.68. The largest absolute Gasteiger partial charge is 0.388 e. The lowest BCUT2D eigenvalue weighted by Crippen LogP contribution is -2.05. The molecule has 0 atom stereocenters. The molecule has 0 radical (unpaired) electrons. The minimum absolute atomic E-state index is 0.153. The summed E-state index contributed by atoms with van der Waals surface area (Å²) in [7, 11) is 0. The van der Waals surface area contributed by atoms with Crippen LogP contribution in [0, 0.1) is 0 Å². The fourth-order valence-electron chi connectivity index (χ4n) is 0.242. The highest BCUT2D eigenvalue weighted by Crippen LogP contribution is 1.91. The van der Waals surface area contributed by atoms with Crippen molar-refractivity contribution in [2.45, 2.75) is 0 Å². The highest BCUT2D eigenvalue weighted by molar-refractivity contribution is 4.94. The Hall–Kier alpha value is -1.30. The van der Waals surface area contributed by atoms with Gasteiger partial charge in [-0.3, -0.25) is 0 Å². The number of nitrogens with two attached hydrogens (primary N) is 1. The van der Waals surface area contributed by atoms with E-state index in [0.29, 0.717) is 0 Å². The molecule has 0 aliphatic heterocycles. The third-order valence-electron chi connectivity index (χ3n) is 0.524. The summed E-state index contributed by atoms with van der Waals surface area (Å²) < 4.78 is 0. The zero-order valence-electron chi connectivity index (χ0n) is 3.85. The molecule has 0 amide bonds. The number of hydrogen-bond acceptors (Lipinski definition) is 6. The molecule has 0 aliphatic carbocycles. The van der Waals surface area contributed by atoms with E-state index in [4.69, 9.17) is 0 Å². The van der Waals surface area contributed by atoms with Gasteiger partial charge in [-0.15, -0.1) is 5.10 Å². The van der Waals surface area contributed by atoms with Crippen LogP contribution in [-0.2, 0) is 0 Å². The second-order valence-electron chi connectivity index (χ2n) is 0.980. The quantitative estimate of drug-likeness (QED) is 0.447. The minimum Gasteiger partial charge on any atom is -0.388 e. The van der Waals surface area contributed by atoms with E-state index in [1.807, 2.05) is 0 Å². The standard InChI is InChI=1S/C2H3N5O/c3-8-2-1-4-6-7-5-2/h1H,3H2. The van der Waals surface area contributed by atoms with E-state index in [1.54, 1.807) is 0 Å². The zero-order chi connectivity index (χ0) is 5.82. The van der Waals surface area contributed by atoms with E-state index in [1.165, 1.54) is 6.20 Å². The molecule has 0 saturated heterocycles. The Bertz CT molecular complexity index is 152. The first-order chi connectivity index (χ1) is 3.93. The summed E-state index contributed by atoms with van der Waals surface area (Å²) in [6.45, 7) is 0. The lowest BCUT2D eigenvalue weighted by atomic mass is 10.9. The first-order valence-corrected chi connectivity index (χ1v) is 1.81. The van der Waals surface area contributed by atoms with E-state index in [2.05, 4.69) is 31.4 Å². The molecule has 1 aromatic rings. The molecule has 2 N–H and O–H groups in total. The Kier molecular flexibility index (Phi) is 1.29. The van der Waals surface area contributed by atoms with E-state index < -0.39 is 0 Å². The van der Waals surface area contributed by atoms with Crippen LogP contribution in [0.25, 0.3) is 0 Å². The Morgan fingerprint density at radius 2 is 2.38 bits per heavy atom. The van der Waals surface area contributed by atoms with Gasteiger partial charge in [-0.05, 0) is 10.4 Å². The average molecular weight is 113 g/mol. The number of nitrogens with zero attached hydrogens (tertiary/aromatic N) is 4. The fraction of sp³-hybridized carbons (Fsp3) is 0. The molecule has 0 fully saturated rings.